The summed E-state index contributed by atoms with van der Waals surface area (Å²) in [6.07, 6.45) is 5.70. The number of rotatable bonds is 6. The Kier molecular flexibility index (Phi) is 6.85. The highest BCUT2D eigenvalue weighted by atomic mass is 19.4. The Morgan fingerprint density at radius 2 is 1.90 bits per heavy atom. The van der Waals surface area contributed by atoms with Crippen LogP contribution in [0.25, 0.3) is 16.9 Å². The largest absolute Gasteiger partial charge is 0.435 e. The summed E-state index contributed by atoms with van der Waals surface area (Å²) in [5, 5.41) is 14.7. The molecule has 1 aliphatic heterocycles. The highest BCUT2D eigenvalue weighted by Gasteiger charge is 2.38. The van der Waals surface area contributed by atoms with E-state index < -0.39 is 11.9 Å². The molecule has 0 spiro atoms. The van der Waals surface area contributed by atoms with Gasteiger partial charge in [0.05, 0.1) is 29.7 Å². The van der Waals surface area contributed by atoms with Crippen molar-refractivity contribution >= 4 is 23.1 Å². The van der Waals surface area contributed by atoms with Crippen molar-refractivity contribution in [1.29, 1.82) is 0 Å². The van der Waals surface area contributed by atoms with Crippen molar-refractivity contribution < 1.29 is 18.0 Å². The number of hydrogen-bond donors (Lipinski definition) is 1. The second-order valence-electron chi connectivity index (χ2n) is 9.92. The summed E-state index contributed by atoms with van der Waals surface area (Å²) in [7, 11) is 0. The molecule has 4 aromatic heterocycles. The third-order valence-corrected chi connectivity index (χ3v) is 7.05. The maximum absolute atomic E-state index is 14.0. The van der Waals surface area contributed by atoms with Gasteiger partial charge >= 0.3 is 6.18 Å². The maximum Gasteiger partial charge on any atom is 0.435 e. The van der Waals surface area contributed by atoms with Gasteiger partial charge in [0.2, 0.25) is 0 Å². The molecule has 1 N–H and O–H groups in total. The van der Waals surface area contributed by atoms with E-state index in [9.17, 15) is 18.0 Å². The predicted octanol–water partition coefficient (Wildman–Crippen LogP) is 5.13. The number of nitrogens with one attached hydrogen (secondary N) is 1. The van der Waals surface area contributed by atoms with Crippen molar-refractivity contribution in [2.45, 2.75) is 38.9 Å². The highest BCUT2D eigenvalue weighted by molar-refractivity contribution is 5.96. The summed E-state index contributed by atoms with van der Waals surface area (Å²) in [5.74, 6) is 0.376. The molecule has 13 heteroatoms. The molecule has 5 heterocycles. The third kappa shape index (κ3) is 5.34. The zero-order valence-electron chi connectivity index (χ0n) is 22.1. The molecule has 0 aliphatic carbocycles. The smallest absolute Gasteiger partial charge is 0.339 e. The van der Waals surface area contributed by atoms with E-state index >= 15 is 0 Å². The first kappa shape index (κ1) is 26.4. The fraction of sp³-hybridized carbons (Fsp3) is 0.286. The maximum atomic E-state index is 14.0. The van der Waals surface area contributed by atoms with Crippen LogP contribution in [0, 0.1) is 6.92 Å². The summed E-state index contributed by atoms with van der Waals surface area (Å²) >= 11 is 0. The van der Waals surface area contributed by atoms with Crippen molar-refractivity contribution in [2.75, 3.05) is 18.4 Å². The van der Waals surface area contributed by atoms with E-state index in [1.54, 1.807) is 30.5 Å². The normalized spacial score (nSPS) is 14.0. The number of nitrogens with zero attached hydrogens (tertiary/aromatic N) is 8. The second-order valence-corrected chi connectivity index (χ2v) is 9.92. The molecule has 210 valence electrons. The van der Waals surface area contributed by atoms with Crippen molar-refractivity contribution in [1.82, 2.24) is 39.2 Å². The topological polar surface area (TPSA) is 106 Å². The minimum Gasteiger partial charge on any atom is -0.339 e. The molecule has 5 aromatic rings. The number of halogens is 3. The zero-order chi connectivity index (χ0) is 28.6. The first-order valence-electron chi connectivity index (χ1n) is 13.2. The van der Waals surface area contributed by atoms with Crippen LogP contribution in [0.2, 0.25) is 0 Å². The molecule has 0 unspecified atom stereocenters. The Bertz CT molecular complexity index is 1710. The molecule has 0 radical (unpaired) electrons. The number of likely N-dealkylation sites (tertiary alicyclic amines) is 1. The van der Waals surface area contributed by atoms with Gasteiger partial charge in [-0.3, -0.25) is 13.9 Å². The van der Waals surface area contributed by atoms with Gasteiger partial charge in [-0.2, -0.15) is 28.5 Å². The average Bonchev–Trinajstić information content (AvgIpc) is 3.59. The van der Waals surface area contributed by atoms with Crippen molar-refractivity contribution in [3.05, 3.63) is 83.8 Å². The van der Waals surface area contributed by atoms with Gasteiger partial charge < -0.3 is 10.2 Å². The summed E-state index contributed by atoms with van der Waals surface area (Å²) in [6, 6.07) is 8.75. The van der Waals surface area contributed by atoms with Crippen LogP contribution in [0.15, 0.2) is 61.3 Å². The Morgan fingerprint density at radius 3 is 2.63 bits per heavy atom. The van der Waals surface area contributed by atoms with E-state index in [0.717, 1.165) is 37.9 Å². The van der Waals surface area contributed by atoms with E-state index in [4.69, 9.17) is 0 Å². The second kappa shape index (κ2) is 10.6. The van der Waals surface area contributed by atoms with Crippen LogP contribution in [0.3, 0.4) is 0 Å². The number of carbonyl (C=O) groups is 1. The summed E-state index contributed by atoms with van der Waals surface area (Å²) in [6.45, 7) is 3.43. The van der Waals surface area contributed by atoms with Gasteiger partial charge in [0.25, 0.3) is 5.91 Å². The molecule has 0 bridgehead atoms. The average molecular weight is 562 g/mol. The Labute approximate surface area is 232 Å². The fourth-order valence-electron chi connectivity index (χ4n) is 5.08. The molecule has 0 atom stereocenters. The summed E-state index contributed by atoms with van der Waals surface area (Å²) in [4.78, 5) is 23.6. The van der Waals surface area contributed by atoms with E-state index in [1.807, 2.05) is 17.9 Å². The van der Waals surface area contributed by atoms with Crippen LogP contribution >= 0.6 is 0 Å². The summed E-state index contributed by atoms with van der Waals surface area (Å²) in [5.41, 5.74) is 2.00. The minimum atomic E-state index is -4.69. The van der Waals surface area contributed by atoms with Crippen LogP contribution in [0.4, 0.5) is 24.7 Å². The van der Waals surface area contributed by atoms with Gasteiger partial charge in [0.15, 0.2) is 17.2 Å². The molecular formula is C28H26F3N9O. The number of benzene rings is 1. The van der Waals surface area contributed by atoms with Crippen LogP contribution < -0.4 is 5.32 Å². The molecule has 1 aromatic carbocycles. The predicted molar refractivity (Wildman–Crippen MR) is 145 cm³/mol. The van der Waals surface area contributed by atoms with Gasteiger partial charge in [-0.05, 0) is 62.1 Å². The molecule has 1 aliphatic rings. The molecule has 1 amide bonds. The van der Waals surface area contributed by atoms with Gasteiger partial charge in [0.1, 0.15) is 0 Å². The zero-order valence-corrected chi connectivity index (χ0v) is 22.1. The molecule has 6 rings (SSSR count). The van der Waals surface area contributed by atoms with E-state index in [1.165, 1.54) is 33.9 Å². The van der Waals surface area contributed by atoms with Crippen LogP contribution in [0.5, 0.6) is 0 Å². The number of aromatic nitrogens is 7. The quantitative estimate of drug-likeness (QED) is 0.306. The third-order valence-electron chi connectivity index (χ3n) is 7.05. The lowest BCUT2D eigenvalue weighted by Crippen LogP contribution is -2.35. The van der Waals surface area contributed by atoms with Gasteiger partial charge in [-0.25, -0.2) is 9.97 Å². The molecule has 1 fully saturated rings. The monoisotopic (exact) mass is 561 g/mol. The number of amides is 1. The Balaban J connectivity index is 1.30. The van der Waals surface area contributed by atoms with E-state index in [2.05, 4.69) is 30.6 Å². The molecule has 10 nitrogen and oxygen atoms in total. The number of carbonyl (C=O) groups excluding carboxylic acids is 1. The lowest BCUT2D eigenvalue weighted by Gasteiger charge is -2.27. The first-order valence-corrected chi connectivity index (χ1v) is 13.2. The number of alkyl halides is 3. The molecule has 41 heavy (non-hydrogen) atoms. The highest BCUT2D eigenvalue weighted by Crippen LogP contribution is 2.37. The number of hydrogen-bond acceptors (Lipinski definition) is 7. The number of fused-ring (bicyclic) bond motifs is 1. The Hall–Kier alpha value is -4.81. The molecular weight excluding hydrogens is 535 g/mol. The van der Waals surface area contributed by atoms with Crippen LogP contribution in [0.1, 0.15) is 46.6 Å². The number of imidazole rings is 1. The van der Waals surface area contributed by atoms with Gasteiger partial charge in [0, 0.05) is 49.1 Å². The first-order chi connectivity index (χ1) is 19.8. The number of aryl methyl sites for hydroxylation is 1. The lowest BCUT2D eigenvalue weighted by atomic mass is 10.0. The van der Waals surface area contributed by atoms with Gasteiger partial charge in [-0.1, -0.05) is 0 Å². The van der Waals surface area contributed by atoms with Crippen LogP contribution in [-0.2, 0) is 12.7 Å². The van der Waals surface area contributed by atoms with Crippen molar-refractivity contribution in [3.8, 4) is 11.3 Å². The Morgan fingerprint density at radius 1 is 1.07 bits per heavy atom. The van der Waals surface area contributed by atoms with Crippen LogP contribution in [-0.4, -0.2) is 58.2 Å². The minimum absolute atomic E-state index is 0.0206. The molecule has 0 saturated carbocycles. The SMILES string of the molecule is Cc1cc(Nc2nccn3c(-c4cn(Cc5cccnn5)nc4C(F)(F)F)cnc23)ccc1C(=O)N1CCCCC1. The fourth-order valence-corrected chi connectivity index (χ4v) is 5.08. The molecule has 1 saturated heterocycles. The standard InChI is InChI=1S/C28H26F3N9O/c1-18-14-19(7-8-21(18)27(41)38-11-3-2-4-12-38)35-25-26-33-15-23(40(26)13-10-32-25)22-17-39(37-24(22)28(29,30)31)16-20-6-5-9-34-36-20/h5-10,13-15,17H,2-4,11-12,16H2,1H3,(H,32,35). The number of piperidine rings is 1. The van der Waals surface area contributed by atoms with Gasteiger partial charge in [-0.15, -0.1) is 0 Å². The van der Waals surface area contributed by atoms with Crippen molar-refractivity contribution in [2.24, 2.45) is 0 Å². The van der Waals surface area contributed by atoms with E-state index in [-0.39, 0.29) is 23.7 Å². The lowest BCUT2D eigenvalue weighted by molar-refractivity contribution is -0.141. The van der Waals surface area contributed by atoms with Crippen molar-refractivity contribution in [3.63, 3.8) is 0 Å². The van der Waals surface area contributed by atoms with E-state index in [0.29, 0.717) is 28.4 Å². The summed E-state index contributed by atoms with van der Waals surface area (Å²) < 4.78 is 44.8. The number of anilines is 2.